The van der Waals surface area contributed by atoms with Crippen molar-refractivity contribution in [2.45, 2.75) is 26.4 Å². The number of hydrogen-bond acceptors (Lipinski definition) is 7. The molecule has 3 aromatic rings. The molecule has 0 N–H and O–H groups in total. The maximum atomic E-state index is 12.5. The third kappa shape index (κ3) is 3.39. The second-order valence-electron chi connectivity index (χ2n) is 6.50. The maximum Gasteiger partial charge on any atom is 0.269 e. The van der Waals surface area contributed by atoms with Crippen LogP contribution in [0.5, 0.6) is 0 Å². The number of imidazole rings is 1. The standard InChI is InChI=1S/C17H20F2N8O/c1-2-24-11-22-15-16(24)20-10-21-17(15)26-5-3-25(4-6-26)12-7-14(28)27(23-8-12)9-13(18)19/h7-8,10-11,13H,2-6,9H2,1H3. The second-order valence-corrected chi connectivity index (χ2v) is 6.50. The van der Waals surface area contributed by atoms with E-state index >= 15 is 0 Å². The third-order valence-electron chi connectivity index (χ3n) is 4.83. The lowest BCUT2D eigenvalue weighted by molar-refractivity contribution is 0.119. The Balaban J connectivity index is 1.49. The van der Waals surface area contributed by atoms with Crippen LogP contribution >= 0.6 is 0 Å². The number of hydrogen-bond donors (Lipinski definition) is 0. The van der Waals surface area contributed by atoms with E-state index in [9.17, 15) is 13.6 Å². The van der Waals surface area contributed by atoms with Crippen LogP contribution in [-0.2, 0) is 13.1 Å². The van der Waals surface area contributed by atoms with E-state index in [2.05, 4.69) is 25.0 Å². The molecule has 0 amide bonds. The Bertz CT molecular complexity index is 1030. The molecule has 0 atom stereocenters. The zero-order valence-corrected chi connectivity index (χ0v) is 15.4. The number of anilines is 2. The molecule has 1 fully saturated rings. The van der Waals surface area contributed by atoms with E-state index in [4.69, 9.17) is 0 Å². The van der Waals surface area contributed by atoms with Gasteiger partial charge in [-0.25, -0.2) is 28.4 Å². The van der Waals surface area contributed by atoms with Crippen molar-refractivity contribution in [3.8, 4) is 0 Å². The average molecular weight is 390 g/mol. The molecule has 9 nitrogen and oxygen atoms in total. The van der Waals surface area contributed by atoms with Crippen LogP contribution in [0.2, 0.25) is 0 Å². The summed E-state index contributed by atoms with van der Waals surface area (Å²) < 4.78 is 27.7. The molecule has 28 heavy (non-hydrogen) atoms. The van der Waals surface area contributed by atoms with E-state index in [-0.39, 0.29) is 0 Å². The minimum absolute atomic E-state index is 0.525. The number of fused-ring (bicyclic) bond motifs is 1. The van der Waals surface area contributed by atoms with E-state index < -0.39 is 18.5 Å². The molecule has 1 saturated heterocycles. The molecule has 4 heterocycles. The number of halogens is 2. The first-order chi connectivity index (χ1) is 13.6. The first kappa shape index (κ1) is 18.3. The van der Waals surface area contributed by atoms with Crippen molar-refractivity contribution in [3.63, 3.8) is 0 Å². The molecule has 0 aliphatic carbocycles. The van der Waals surface area contributed by atoms with Crippen LogP contribution in [0.15, 0.2) is 29.7 Å². The predicted molar refractivity (Wildman–Crippen MR) is 99.9 cm³/mol. The van der Waals surface area contributed by atoms with E-state index in [1.54, 1.807) is 12.7 Å². The van der Waals surface area contributed by atoms with Gasteiger partial charge in [-0.2, -0.15) is 5.10 Å². The summed E-state index contributed by atoms with van der Waals surface area (Å²) in [5, 5.41) is 3.86. The SMILES string of the molecule is CCn1cnc2c(N3CCN(c4cnn(CC(F)F)c(=O)c4)CC3)ncnc21. The summed E-state index contributed by atoms with van der Waals surface area (Å²) in [5.74, 6) is 0.794. The zero-order chi connectivity index (χ0) is 19.7. The van der Waals surface area contributed by atoms with E-state index in [1.165, 1.54) is 12.3 Å². The van der Waals surface area contributed by atoms with Crippen LogP contribution in [0.3, 0.4) is 0 Å². The van der Waals surface area contributed by atoms with Crippen LogP contribution in [0.4, 0.5) is 20.3 Å². The summed E-state index contributed by atoms with van der Waals surface area (Å²) in [6.07, 6.45) is 2.16. The van der Waals surface area contributed by atoms with Crippen LogP contribution in [0.25, 0.3) is 11.2 Å². The zero-order valence-electron chi connectivity index (χ0n) is 15.4. The minimum Gasteiger partial charge on any atom is -0.367 e. The van der Waals surface area contributed by atoms with Gasteiger partial charge in [0.05, 0.1) is 18.2 Å². The van der Waals surface area contributed by atoms with Gasteiger partial charge in [-0.1, -0.05) is 0 Å². The smallest absolute Gasteiger partial charge is 0.269 e. The number of piperazine rings is 1. The lowest BCUT2D eigenvalue weighted by Crippen LogP contribution is -2.47. The molecule has 0 saturated carbocycles. The quantitative estimate of drug-likeness (QED) is 0.642. The van der Waals surface area contributed by atoms with Crippen LogP contribution < -0.4 is 15.4 Å². The molecule has 0 unspecified atom stereocenters. The number of rotatable bonds is 5. The predicted octanol–water partition coefficient (Wildman–Crippen LogP) is 0.995. The number of nitrogens with zero attached hydrogens (tertiary/aromatic N) is 8. The summed E-state index contributed by atoms with van der Waals surface area (Å²) in [6.45, 7) is 4.80. The fourth-order valence-corrected chi connectivity index (χ4v) is 3.37. The largest absolute Gasteiger partial charge is 0.367 e. The van der Waals surface area contributed by atoms with Gasteiger partial charge >= 0.3 is 0 Å². The molecule has 11 heteroatoms. The fraction of sp³-hybridized carbons (Fsp3) is 0.471. The molecule has 148 valence electrons. The highest BCUT2D eigenvalue weighted by Crippen LogP contribution is 2.23. The fourth-order valence-electron chi connectivity index (χ4n) is 3.37. The molecule has 0 aromatic carbocycles. The molecule has 0 radical (unpaired) electrons. The molecule has 4 rings (SSSR count). The van der Waals surface area contributed by atoms with Gasteiger partial charge in [0.1, 0.15) is 12.9 Å². The Kier molecular flexibility index (Phi) is 4.88. The molecule has 0 bridgehead atoms. The van der Waals surface area contributed by atoms with E-state index in [0.717, 1.165) is 28.2 Å². The lowest BCUT2D eigenvalue weighted by atomic mass is 10.2. The number of aromatic nitrogens is 6. The maximum absolute atomic E-state index is 12.5. The van der Waals surface area contributed by atoms with Crippen molar-refractivity contribution in [2.75, 3.05) is 36.0 Å². The van der Waals surface area contributed by atoms with Gasteiger partial charge in [0.2, 0.25) is 0 Å². The van der Waals surface area contributed by atoms with Gasteiger partial charge in [-0.3, -0.25) is 4.79 Å². The average Bonchev–Trinajstić information content (AvgIpc) is 3.13. The number of aryl methyl sites for hydroxylation is 1. The Labute approximate surface area is 159 Å². The van der Waals surface area contributed by atoms with Crippen molar-refractivity contribution in [3.05, 3.63) is 35.3 Å². The summed E-state index contributed by atoms with van der Waals surface area (Å²) in [4.78, 5) is 29.3. The Morgan fingerprint density at radius 3 is 2.54 bits per heavy atom. The van der Waals surface area contributed by atoms with E-state index in [1.807, 2.05) is 16.4 Å². The number of alkyl halides is 2. The van der Waals surface area contributed by atoms with Gasteiger partial charge in [-0.15, -0.1) is 0 Å². The van der Waals surface area contributed by atoms with Crippen molar-refractivity contribution >= 4 is 22.7 Å². The second kappa shape index (κ2) is 7.49. The lowest BCUT2D eigenvalue weighted by Gasteiger charge is -2.36. The van der Waals surface area contributed by atoms with Crippen molar-refractivity contribution in [1.82, 2.24) is 29.3 Å². The highest BCUT2D eigenvalue weighted by molar-refractivity contribution is 5.83. The van der Waals surface area contributed by atoms with Gasteiger partial charge in [0.25, 0.3) is 12.0 Å². The van der Waals surface area contributed by atoms with Gasteiger partial charge in [0, 0.05) is 38.8 Å². The first-order valence-corrected chi connectivity index (χ1v) is 9.08. The highest BCUT2D eigenvalue weighted by atomic mass is 19.3. The normalized spacial score (nSPS) is 15.0. The Morgan fingerprint density at radius 1 is 1.11 bits per heavy atom. The Hall–Kier alpha value is -3.11. The first-order valence-electron chi connectivity index (χ1n) is 9.08. The van der Waals surface area contributed by atoms with Crippen molar-refractivity contribution in [2.24, 2.45) is 0 Å². The minimum atomic E-state index is -2.61. The van der Waals surface area contributed by atoms with Crippen molar-refractivity contribution in [1.29, 1.82) is 0 Å². The summed E-state index contributed by atoms with van der Waals surface area (Å²) >= 11 is 0. The van der Waals surface area contributed by atoms with Crippen LogP contribution in [-0.4, -0.2) is 61.9 Å². The highest BCUT2D eigenvalue weighted by Gasteiger charge is 2.22. The summed E-state index contributed by atoms with van der Waals surface area (Å²) in [7, 11) is 0. The molecule has 3 aromatic heterocycles. The molecule has 1 aliphatic heterocycles. The molecular formula is C17H20F2N8O. The monoisotopic (exact) mass is 390 g/mol. The van der Waals surface area contributed by atoms with Crippen molar-refractivity contribution < 1.29 is 8.78 Å². The molecule has 1 aliphatic rings. The summed E-state index contributed by atoms with van der Waals surface area (Å²) in [5.41, 5.74) is 1.69. The Morgan fingerprint density at radius 2 is 1.86 bits per heavy atom. The van der Waals surface area contributed by atoms with Crippen LogP contribution in [0, 0.1) is 0 Å². The summed E-state index contributed by atoms with van der Waals surface area (Å²) in [6, 6.07) is 1.36. The topological polar surface area (TPSA) is 85.0 Å². The van der Waals surface area contributed by atoms with Crippen LogP contribution in [0.1, 0.15) is 6.92 Å². The third-order valence-corrected chi connectivity index (χ3v) is 4.83. The van der Waals surface area contributed by atoms with E-state index in [0.29, 0.717) is 31.9 Å². The van der Waals surface area contributed by atoms with Gasteiger partial charge in [0.15, 0.2) is 17.0 Å². The van der Waals surface area contributed by atoms with Gasteiger partial charge < -0.3 is 14.4 Å². The molecular weight excluding hydrogens is 370 g/mol. The van der Waals surface area contributed by atoms with Gasteiger partial charge in [-0.05, 0) is 6.92 Å². The molecule has 0 spiro atoms.